The lowest BCUT2D eigenvalue weighted by atomic mass is 10.2. The summed E-state index contributed by atoms with van der Waals surface area (Å²) in [7, 11) is 0. The van der Waals surface area contributed by atoms with E-state index in [1.165, 1.54) is 6.20 Å². The number of rotatable bonds is 4. The van der Waals surface area contributed by atoms with Crippen LogP contribution in [0.4, 0.5) is 0 Å². The predicted molar refractivity (Wildman–Crippen MR) is 88.6 cm³/mol. The van der Waals surface area contributed by atoms with Crippen LogP contribution in [0, 0.1) is 0 Å². The quantitative estimate of drug-likeness (QED) is 0.736. The van der Waals surface area contributed by atoms with Crippen LogP contribution < -0.4 is 4.74 Å². The topological polar surface area (TPSA) is 72.3 Å². The molecule has 0 saturated carbocycles. The molecule has 0 bridgehead atoms. The SMILES string of the molecule is O=C(O)c1cnc(-c2ccccc2)nc1Oc1ccccc1Br. The molecule has 23 heavy (non-hydrogen) atoms. The molecule has 6 heteroatoms. The molecule has 114 valence electrons. The maximum atomic E-state index is 11.4. The minimum Gasteiger partial charge on any atom is -0.477 e. The van der Waals surface area contributed by atoms with Gasteiger partial charge in [0.2, 0.25) is 5.88 Å². The largest absolute Gasteiger partial charge is 0.477 e. The molecule has 0 spiro atoms. The number of aromatic carboxylic acids is 1. The molecule has 0 aliphatic heterocycles. The van der Waals surface area contributed by atoms with Crippen molar-refractivity contribution in [1.82, 2.24) is 9.97 Å². The van der Waals surface area contributed by atoms with Crippen molar-refractivity contribution in [2.45, 2.75) is 0 Å². The Kier molecular flexibility index (Phi) is 4.34. The zero-order valence-electron chi connectivity index (χ0n) is 11.8. The average Bonchev–Trinajstić information content (AvgIpc) is 2.57. The van der Waals surface area contributed by atoms with E-state index in [2.05, 4.69) is 25.9 Å². The molecule has 0 amide bonds. The van der Waals surface area contributed by atoms with E-state index in [1.807, 2.05) is 36.4 Å². The van der Waals surface area contributed by atoms with Crippen LogP contribution in [0.3, 0.4) is 0 Å². The molecule has 1 N–H and O–H groups in total. The number of hydrogen-bond acceptors (Lipinski definition) is 4. The van der Waals surface area contributed by atoms with E-state index in [1.54, 1.807) is 18.2 Å². The number of carbonyl (C=O) groups is 1. The van der Waals surface area contributed by atoms with Crippen LogP contribution in [-0.2, 0) is 0 Å². The number of para-hydroxylation sites is 1. The molecule has 0 aliphatic carbocycles. The molecule has 5 nitrogen and oxygen atoms in total. The summed E-state index contributed by atoms with van der Waals surface area (Å²) < 4.78 is 6.39. The molecule has 2 aromatic carbocycles. The Balaban J connectivity index is 2.06. The first-order chi connectivity index (χ1) is 11.1. The average molecular weight is 371 g/mol. The molecular weight excluding hydrogens is 360 g/mol. The second-order valence-corrected chi connectivity index (χ2v) is 5.47. The third kappa shape index (κ3) is 3.37. The number of carboxylic acids is 1. The van der Waals surface area contributed by atoms with Crippen molar-refractivity contribution in [3.05, 3.63) is 70.8 Å². The van der Waals surface area contributed by atoms with Crippen LogP contribution >= 0.6 is 15.9 Å². The maximum absolute atomic E-state index is 11.4. The van der Waals surface area contributed by atoms with Crippen LogP contribution in [0.1, 0.15) is 10.4 Å². The van der Waals surface area contributed by atoms with Gasteiger partial charge in [0.1, 0.15) is 11.3 Å². The van der Waals surface area contributed by atoms with Gasteiger partial charge in [0.15, 0.2) is 5.82 Å². The highest BCUT2D eigenvalue weighted by atomic mass is 79.9. The van der Waals surface area contributed by atoms with Gasteiger partial charge in [-0.15, -0.1) is 0 Å². The summed E-state index contributed by atoms with van der Waals surface area (Å²) in [6.07, 6.45) is 1.25. The molecule has 0 saturated heterocycles. The Labute approximate surface area is 140 Å². The first kappa shape index (κ1) is 15.2. The minimum absolute atomic E-state index is 0.00162. The highest BCUT2D eigenvalue weighted by molar-refractivity contribution is 9.10. The van der Waals surface area contributed by atoms with Gasteiger partial charge in [-0.3, -0.25) is 0 Å². The van der Waals surface area contributed by atoms with Crippen LogP contribution in [0.25, 0.3) is 11.4 Å². The van der Waals surface area contributed by atoms with E-state index in [9.17, 15) is 9.90 Å². The number of nitrogens with zero attached hydrogens (tertiary/aromatic N) is 2. The smallest absolute Gasteiger partial charge is 0.342 e. The number of aromatic nitrogens is 2. The van der Waals surface area contributed by atoms with E-state index in [0.717, 1.165) is 5.56 Å². The van der Waals surface area contributed by atoms with Crippen molar-refractivity contribution in [2.75, 3.05) is 0 Å². The van der Waals surface area contributed by atoms with Gasteiger partial charge in [0.25, 0.3) is 0 Å². The standard InChI is InChI=1S/C17H11BrN2O3/c18-13-8-4-5-9-14(13)23-16-12(17(21)22)10-19-15(20-16)11-6-2-1-3-7-11/h1-10H,(H,21,22). The highest BCUT2D eigenvalue weighted by Crippen LogP contribution is 2.31. The maximum Gasteiger partial charge on any atom is 0.342 e. The van der Waals surface area contributed by atoms with E-state index in [-0.39, 0.29) is 11.4 Å². The molecule has 3 aromatic rings. The molecule has 0 unspecified atom stereocenters. The Morgan fingerprint density at radius 1 is 1.04 bits per heavy atom. The van der Waals surface area contributed by atoms with Crippen molar-refractivity contribution in [3.8, 4) is 23.0 Å². The minimum atomic E-state index is -1.15. The van der Waals surface area contributed by atoms with Crippen molar-refractivity contribution in [1.29, 1.82) is 0 Å². The Morgan fingerprint density at radius 2 is 1.74 bits per heavy atom. The number of hydrogen-bond donors (Lipinski definition) is 1. The fourth-order valence-electron chi connectivity index (χ4n) is 1.95. The van der Waals surface area contributed by atoms with Crippen molar-refractivity contribution < 1.29 is 14.6 Å². The second-order valence-electron chi connectivity index (χ2n) is 4.62. The van der Waals surface area contributed by atoms with Crippen molar-refractivity contribution in [3.63, 3.8) is 0 Å². The van der Waals surface area contributed by atoms with E-state index in [4.69, 9.17) is 4.74 Å². The number of carboxylic acid groups (broad SMARTS) is 1. The molecule has 0 fully saturated rings. The van der Waals surface area contributed by atoms with Gasteiger partial charge in [-0.05, 0) is 28.1 Å². The summed E-state index contributed by atoms with van der Waals surface area (Å²) in [4.78, 5) is 19.7. The van der Waals surface area contributed by atoms with E-state index < -0.39 is 5.97 Å². The molecule has 3 rings (SSSR count). The second kappa shape index (κ2) is 6.58. The van der Waals surface area contributed by atoms with Gasteiger partial charge in [0.05, 0.1) is 4.47 Å². The molecular formula is C17H11BrN2O3. The van der Waals surface area contributed by atoms with E-state index in [0.29, 0.717) is 16.0 Å². The third-order valence-electron chi connectivity index (χ3n) is 3.06. The zero-order valence-corrected chi connectivity index (χ0v) is 13.4. The fourth-order valence-corrected chi connectivity index (χ4v) is 2.31. The molecule has 0 aliphatic rings. The highest BCUT2D eigenvalue weighted by Gasteiger charge is 2.17. The Hall–Kier alpha value is -2.73. The lowest BCUT2D eigenvalue weighted by Crippen LogP contribution is -2.05. The van der Waals surface area contributed by atoms with Gasteiger partial charge >= 0.3 is 5.97 Å². The first-order valence-corrected chi connectivity index (χ1v) is 7.52. The Morgan fingerprint density at radius 3 is 2.43 bits per heavy atom. The van der Waals surface area contributed by atoms with Crippen molar-refractivity contribution >= 4 is 21.9 Å². The van der Waals surface area contributed by atoms with E-state index >= 15 is 0 Å². The summed E-state index contributed by atoms with van der Waals surface area (Å²) in [6.45, 7) is 0. The fraction of sp³-hybridized carbons (Fsp3) is 0. The van der Waals surface area contributed by atoms with Crippen LogP contribution in [0.15, 0.2) is 65.3 Å². The summed E-state index contributed by atoms with van der Waals surface area (Å²) in [5.74, 6) is -0.268. The molecule has 0 atom stereocenters. The van der Waals surface area contributed by atoms with Crippen LogP contribution in [0.2, 0.25) is 0 Å². The summed E-state index contributed by atoms with van der Waals surface area (Å²) in [5.41, 5.74) is 0.682. The van der Waals surface area contributed by atoms with Gasteiger partial charge in [-0.1, -0.05) is 42.5 Å². The molecule has 1 aromatic heterocycles. The van der Waals surface area contributed by atoms with Gasteiger partial charge < -0.3 is 9.84 Å². The van der Waals surface area contributed by atoms with Gasteiger partial charge in [-0.2, -0.15) is 4.98 Å². The molecule has 1 heterocycles. The predicted octanol–water partition coefficient (Wildman–Crippen LogP) is 4.40. The summed E-state index contributed by atoms with van der Waals surface area (Å²) in [5, 5.41) is 9.30. The number of ether oxygens (including phenoxy) is 1. The summed E-state index contributed by atoms with van der Waals surface area (Å²) >= 11 is 3.36. The van der Waals surface area contributed by atoms with Crippen LogP contribution in [-0.4, -0.2) is 21.0 Å². The zero-order chi connectivity index (χ0) is 16.2. The van der Waals surface area contributed by atoms with Crippen molar-refractivity contribution in [2.24, 2.45) is 0 Å². The first-order valence-electron chi connectivity index (χ1n) is 6.73. The normalized spacial score (nSPS) is 10.3. The van der Waals surface area contributed by atoms with Gasteiger partial charge in [0, 0.05) is 11.8 Å². The lowest BCUT2D eigenvalue weighted by Gasteiger charge is -2.10. The van der Waals surface area contributed by atoms with Gasteiger partial charge in [-0.25, -0.2) is 9.78 Å². The molecule has 0 radical (unpaired) electrons. The lowest BCUT2D eigenvalue weighted by molar-refractivity contribution is 0.0693. The van der Waals surface area contributed by atoms with Crippen LogP contribution in [0.5, 0.6) is 11.6 Å². The summed E-state index contributed by atoms with van der Waals surface area (Å²) in [6, 6.07) is 16.4. The number of benzene rings is 2. The number of halogens is 1. The Bertz CT molecular complexity index is 853. The third-order valence-corrected chi connectivity index (χ3v) is 3.71. The monoisotopic (exact) mass is 370 g/mol.